The number of pyridine rings is 2. The molecule has 9 heteroatoms. The second-order valence-corrected chi connectivity index (χ2v) is 10.1. The number of nitrogens with one attached hydrogen (secondary N) is 2. The molecule has 2 aromatic carbocycles. The van der Waals surface area contributed by atoms with Gasteiger partial charge in [0.15, 0.2) is 0 Å². The number of benzene rings is 2. The van der Waals surface area contributed by atoms with Crippen molar-refractivity contribution in [3.8, 4) is 17.4 Å². The van der Waals surface area contributed by atoms with E-state index < -0.39 is 12.0 Å². The highest BCUT2D eigenvalue weighted by Crippen LogP contribution is 2.32. The number of primary amides is 1. The molecule has 5 N–H and O–H groups in total. The van der Waals surface area contributed by atoms with Gasteiger partial charge in [0.25, 0.3) is 0 Å². The third kappa shape index (κ3) is 6.34. The van der Waals surface area contributed by atoms with Gasteiger partial charge in [-0.2, -0.15) is 0 Å². The molecule has 0 unspecified atom stereocenters. The van der Waals surface area contributed by atoms with E-state index in [4.69, 9.17) is 15.2 Å². The molecular weight excluding hydrogens is 494 g/mol. The van der Waals surface area contributed by atoms with Crippen LogP contribution in [-0.2, 0) is 6.42 Å². The van der Waals surface area contributed by atoms with Gasteiger partial charge in [-0.15, -0.1) is 0 Å². The van der Waals surface area contributed by atoms with Crippen LogP contribution in [0.1, 0.15) is 29.8 Å². The number of carbonyl (C=O) groups is 1. The van der Waals surface area contributed by atoms with E-state index in [1.165, 1.54) is 6.20 Å². The normalized spacial score (nSPS) is 12.5. The van der Waals surface area contributed by atoms with E-state index in [1.54, 1.807) is 24.5 Å². The lowest BCUT2D eigenvalue weighted by molar-refractivity contribution is 0.0994. The number of aliphatic hydroxyl groups excluding tert-OH is 1. The Kier molecular flexibility index (Phi) is 7.44. The van der Waals surface area contributed by atoms with Crippen molar-refractivity contribution in [2.24, 2.45) is 5.73 Å². The Balaban J connectivity index is 1.13. The maximum absolute atomic E-state index is 11.2. The minimum absolute atomic E-state index is 0.143. The molecule has 5 aromatic rings. The standard InChI is InChI=1S/C30H31N5O4/c1-30(2,13-19-7-10-22(11-8-19)39-27-12-9-20(14-33-27)29(31)37)34-15-21(36)18-38-26-17-32-16-25-28(26)23-5-3-4-6-24(23)35-25/h3-12,14,16-17,21,34-36H,13,15,18H2,1-2H3,(H2,31,37)/t21-/m0/s1. The Morgan fingerprint density at radius 3 is 2.59 bits per heavy atom. The fourth-order valence-electron chi connectivity index (χ4n) is 4.47. The fraction of sp³-hybridized carbons (Fsp3) is 0.233. The molecule has 200 valence electrons. The Morgan fingerprint density at radius 1 is 1.05 bits per heavy atom. The first-order valence-electron chi connectivity index (χ1n) is 12.7. The number of nitrogens with zero attached hydrogens (tertiary/aromatic N) is 2. The van der Waals surface area contributed by atoms with E-state index in [-0.39, 0.29) is 12.1 Å². The molecule has 0 saturated heterocycles. The highest BCUT2D eigenvalue weighted by molar-refractivity contribution is 6.09. The zero-order valence-corrected chi connectivity index (χ0v) is 21.8. The monoisotopic (exact) mass is 525 g/mol. The minimum Gasteiger partial charge on any atom is -0.488 e. The van der Waals surface area contributed by atoms with Crippen molar-refractivity contribution in [3.63, 3.8) is 0 Å². The van der Waals surface area contributed by atoms with Gasteiger partial charge < -0.3 is 30.6 Å². The zero-order valence-electron chi connectivity index (χ0n) is 21.8. The van der Waals surface area contributed by atoms with E-state index in [9.17, 15) is 9.90 Å². The summed E-state index contributed by atoms with van der Waals surface area (Å²) in [6.07, 6.45) is 4.89. The van der Waals surface area contributed by atoms with Gasteiger partial charge in [-0.3, -0.25) is 9.78 Å². The number of fused-ring (bicyclic) bond motifs is 3. The van der Waals surface area contributed by atoms with Crippen LogP contribution in [0.2, 0.25) is 0 Å². The van der Waals surface area contributed by atoms with Crippen molar-refractivity contribution >= 4 is 27.7 Å². The molecule has 0 bridgehead atoms. The second-order valence-electron chi connectivity index (χ2n) is 10.1. The molecule has 9 nitrogen and oxygen atoms in total. The van der Waals surface area contributed by atoms with Gasteiger partial charge in [0.05, 0.1) is 28.9 Å². The number of rotatable bonds is 11. The summed E-state index contributed by atoms with van der Waals surface area (Å²) in [6, 6.07) is 18.9. The topological polar surface area (TPSA) is 135 Å². The molecule has 0 aliphatic rings. The van der Waals surface area contributed by atoms with Gasteiger partial charge >= 0.3 is 0 Å². The van der Waals surface area contributed by atoms with Crippen LogP contribution < -0.4 is 20.5 Å². The van der Waals surface area contributed by atoms with Gasteiger partial charge in [0.2, 0.25) is 11.8 Å². The Hall–Kier alpha value is -4.47. The Labute approximate surface area is 226 Å². The van der Waals surface area contributed by atoms with Crippen LogP contribution in [0.3, 0.4) is 0 Å². The van der Waals surface area contributed by atoms with Gasteiger partial charge in [-0.05, 0) is 50.1 Å². The molecule has 39 heavy (non-hydrogen) atoms. The van der Waals surface area contributed by atoms with E-state index in [2.05, 4.69) is 34.1 Å². The van der Waals surface area contributed by atoms with Crippen molar-refractivity contribution in [2.75, 3.05) is 13.2 Å². The van der Waals surface area contributed by atoms with Crippen LogP contribution in [0.5, 0.6) is 17.4 Å². The lowest BCUT2D eigenvalue weighted by atomic mass is 9.94. The molecular formula is C30H31N5O4. The van der Waals surface area contributed by atoms with Gasteiger partial charge in [0, 0.05) is 35.2 Å². The molecule has 3 heterocycles. The first-order chi connectivity index (χ1) is 18.8. The number of aromatic amines is 1. The third-order valence-electron chi connectivity index (χ3n) is 6.44. The molecule has 0 saturated carbocycles. The average molecular weight is 526 g/mol. The molecule has 0 aliphatic heterocycles. The summed E-state index contributed by atoms with van der Waals surface area (Å²) in [4.78, 5) is 22.9. The highest BCUT2D eigenvalue weighted by Gasteiger charge is 2.20. The molecule has 1 atom stereocenters. The van der Waals surface area contributed by atoms with E-state index >= 15 is 0 Å². The number of ether oxygens (including phenoxy) is 2. The largest absolute Gasteiger partial charge is 0.488 e. The van der Waals surface area contributed by atoms with Crippen molar-refractivity contribution in [1.29, 1.82) is 0 Å². The van der Waals surface area contributed by atoms with Crippen LogP contribution in [0.25, 0.3) is 21.8 Å². The number of β-amino-alcohol motifs (C(OH)–C–C–N with tert-alkyl or cyclic N) is 1. The van der Waals surface area contributed by atoms with Crippen LogP contribution in [0.4, 0.5) is 0 Å². The number of aliphatic hydroxyl groups is 1. The predicted octanol–water partition coefficient (Wildman–Crippen LogP) is 4.35. The summed E-state index contributed by atoms with van der Waals surface area (Å²) in [5, 5.41) is 16.1. The number of para-hydroxylation sites is 1. The second kappa shape index (κ2) is 11.1. The lowest BCUT2D eigenvalue weighted by Crippen LogP contribution is -2.46. The Bertz CT molecular complexity index is 1580. The molecule has 3 aromatic heterocycles. The summed E-state index contributed by atoms with van der Waals surface area (Å²) in [5.74, 6) is 1.12. The number of nitrogens with two attached hydrogens (primary N) is 1. The number of hydrogen-bond donors (Lipinski definition) is 4. The van der Waals surface area contributed by atoms with Crippen molar-refractivity contribution in [2.45, 2.75) is 31.9 Å². The zero-order chi connectivity index (χ0) is 27.4. The van der Waals surface area contributed by atoms with E-state index in [0.29, 0.717) is 29.5 Å². The molecule has 1 amide bonds. The predicted molar refractivity (Wildman–Crippen MR) is 150 cm³/mol. The maximum atomic E-state index is 11.2. The molecule has 0 radical (unpaired) electrons. The number of amides is 1. The van der Waals surface area contributed by atoms with Gasteiger partial charge in [-0.1, -0.05) is 30.3 Å². The SMILES string of the molecule is CC(C)(Cc1ccc(Oc2ccc(C(N)=O)cn2)cc1)NC[C@H](O)COc1cncc2[nH]c3ccccc3c12. The number of aromatic nitrogens is 3. The first-order valence-corrected chi connectivity index (χ1v) is 12.7. The molecule has 5 rings (SSSR count). The number of hydrogen-bond acceptors (Lipinski definition) is 7. The Morgan fingerprint density at radius 2 is 1.85 bits per heavy atom. The molecule has 0 aliphatic carbocycles. The van der Waals surface area contributed by atoms with Crippen LogP contribution in [0, 0.1) is 0 Å². The minimum atomic E-state index is -0.700. The van der Waals surface area contributed by atoms with Crippen molar-refractivity contribution in [3.05, 3.63) is 90.4 Å². The molecule has 0 spiro atoms. The van der Waals surface area contributed by atoms with Crippen molar-refractivity contribution in [1.82, 2.24) is 20.3 Å². The quantitative estimate of drug-likeness (QED) is 0.201. The summed E-state index contributed by atoms with van der Waals surface area (Å²) in [6.45, 7) is 4.69. The third-order valence-corrected chi connectivity index (χ3v) is 6.44. The smallest absolute Gasteiger partial charge is 0.250 e. The van der Waals surface area contributed by atoms with E-state index in [1.807, 2.05) is 48.5 Å². The van der Waals surface area contributed by atoms with Crippen LogP contribution >= 0.6 is 0 Å². The van der Waals surface area contributed by atoms with Gasteiger partial charge in [0.1, 0.15) is 24.2 Å². The maximum Gasteiger partial charge on any atom is 0.250 e. The summed E-state index contributed by atoms with van der Waals surface area (Å²) in [7, 11) is 0. The fourth-order valence-corrected chi connectivity index (χ4v) is 4.47. The number of H-pyrrole nitrogens is 1. The van der Waals surface area contributed by atoms with Gasteiger partial charge in [-0.25, -0.2) is 4.98 Å². The summed E-state index contributed by atoms with van der Waals surface area (Å²) < 4.78 is 11.8. The first kappa shape index (κ1) is 26.1. The number of carbonyl (C=O) groups excluding carboxylic acids is 1. The summed E-state index contributed by atoms with van der Waals surface area (Å²) in [5.41, 5.74) is 8.33. The van der Waals surface area contributed by atoms with Crippen LogP contribution in [0.15, 0.2) is 79.3 Å². The van der Waals surface area contributed by atoms with Crippen molar-refractivity contribution < 1.29 is 19.4 Å². The lowest BCUT2D eigenvalue weighted by Gasteiger charge is -2.28. The average Bonchev–Trinajstić information content (AvgIpc) is 3.31. The van der Waals surface area contributed by atoms with Crippen LogP contribution in [-0.4, -0.2) is 50.8 Å². The van der Waals surface area contributed by atoms with E-state index in [0.717, 1.165) is 33.8 Å². The summed E-state index contributed by atoms with van der Waals surface area (Å²) >= 11 is 0. The highest BCUT2D eigenvalue weighted by atomic mass is 16.5. The molecule has 0 fully saturated rings.